The van der Waals surface area contributed by atoms with Crippen LogP contribution in [0.4, 0.5) is 0 Å². The molecule has 7 heteroatoms. The number of rotatable bonds is 4. The van der Waals surface area contributed by atoms with Gasteiger partial charge >= 0.3 is 0 Å². The maximum Gasteiger partial charge on any atom is 0.205 e. The van der Waals surface area contributed by atoms with Gasteiger partial charge in [-0.15, -0.1) is 0 Å². The molecule has 0 bridgehead atoms. The third kappa shape index (κ3) is 3.48. The standard InChI is InChI=1S/C19H14Br2N2O3/c1-25-17-7-12(21)6-14-13(15(9-22)19(23)26-18(14)17)8-16(24)10-2-4-11(20)5-3-10/h2-7,13H,8,23H2,1H3. The van der Waals surface area contributed by atoms with Crippen LogP contribution in [0.3, 0.4) is 0 Å². The van der Waals surface area contributed by atoms with E-state index in [4.69, 9.17) is 15.2 Å². The number of carbonyl (C=O) groups excluding carboxylic acids is 1. The number of hydrogen-bond donors (Lipinski definition) is 1. The second-order valence-corrected chi connectivity index (χ2v) is 7.54. The normalized spacial score (nSPS) is 15.7. The van der Waals surface area contributed by atoms with Crippen molar-refractivity contribution in [3.05, 3.63) is 67.9 Å². The number of ether oxygens (including phenoxy) is 2. The summed E-state index contributed by atoms with van der Waals surface area (Å²) in [7, 11) is 1.52. The molecule has 0 saturated carbocycles. The predicted octanol–water partition coefficient (Wildman–Crippen LogP) is 4.66. The van der Waals surface area contributed by atoms with E-state index in [9.17, 15) is 10.1 Å². The quantitative estimate of drug-likeness (QED) is 0.647. The zero-order valence-electron chi connectivity index (χ0n) is 13.8. The van der Waals surface area contributed by atoms with E-state index in [2.05, 4.69) is 37.9 Å². The zero-order valence-corrected chi connectivity index (χ0v) is 16.9. The summed E-state index contributed by atoms with van der Waals surface area (Å²) in [5, 5.41) is 9.54. The van der Waals surface area contributed by atoms with Crippen molar-refractivity contribution < 1.29 is 14.3 Å². The van der Waals surface area contributed by atoms with Crippen LogP contribution in [0, 0.1) is 11.3 Å². The van der Waals surface area contributed by atoms with E-state index in [0.29, 0.717) is 22.6 Å². The molecule has 132 valence electrons. The topological polar surface area (TPSA) is 85.3 Å². The molecule has 2 N–H and O–H groups in total. The van der Waals surface area contributed by atoms with Crippen LogP contribution in [-0.2, 0) is 0 Å². The van der Waals surface area contributed by atoms with E-state index in [0.717, 1.165) is 8.95 Å². The van der Waals surface area contributed by atoms with Crippen molar-refractivity contribution in [2.75, 3.05) is 7.11 Å². The molecule has 0 aromatic heterocycles. The van der Waals surface area contributed by atoms with E-state index in [-0.39, 0.29) is 23.7 Å². The summed E-state index contributed by atoms with van der Waals surface area (Å²) in [4.78, 5) is 12.8. The summed E-state index contributed by atoms with van der Waals surface area (Å²) in [6, 6.07) is 12.7. The lowest BCUT2D eigenvalue weighted by atomic mass is 9.84. The number of benzene rings is 2. The largest absolute Gasteiger partial charge is 0.493 e. The van der Waals surface area contributed by atoms with E-state index < -0.39 is 5.92 Å². The van der Waals surface area contributed by atoms with Crippen LogP contribution < -0.4 is 15.2 Å². The Bertz CT molecular complexity index is 946. The number of halogens is 2. The van der Waals surface area contributed by atoms with Gasteiger partial charge in [0, 0.05) is 32.4 Å². The van der Waals surface area contributed by atoms with Gasteiger partial charge in [0.15, 0.2) is 17.3 Å². The van der Waals surface area contributed by atoms with Gasteiger partial charge in [-0.25, -0.2) is 0 Å². The molecular formula is C19H14Br2N2O3. The molecule has 2 aromatic carbocycles. The molecule has 0 saturated heterocycles. The molecule has 0 fully saturated rings. The number of nitriles is 1. The van der Waals surface area contributed by atoms with Crippen LogP contribution in [0.15, 0.2) is 56.8 Å². The third-order valence-electron chi connectivity index (χ3n) is 4.15. The highest BCUT2D eigenvalue weighted by atomic mass is 79.9. The molecule has 1 aliphatic heterocycles. The Balaban J connectivity index is 2.05. The lowest BCUT2D eigenvalue weighted by molar-refractivity contribution is 0.0976. The van der Waals surface area contributed by atoms with Gasteiger partial charge in [0.1, 0.15) is 6.07 Å². The maximum atomic E-state index is 12.8. The Labute approximate surface area is 167 Å². The van der Waals surface area contributed by atoms with Gasteiger partial charge in [-0.3, -0.25) is 4.79 Å². The van der Waals surface area contributed by atoms with E-state index >= 15 is 0 Å². The van der Waals surface area contributed by atoms with Crippen molar-refractivity contribution in [1.82, 2.24) is 0 Å². The first-order valence-corrected chi connectivity index (χ1v) is 9.27. The van der Waals surface area contributed by atoms with Gasteiger partial charge in [0.2, 0.25) is 5.88 Å². The highest BCUT2D eigenvalue weighted by Crippen LogP contribution is 2.46. The Morgan fingerprint density at radius 3 is 2.58 bits per heavy atom. The van der Waals surface area contributed by atoms with Gasteiger partial charge in [-0.2, -0.15) is 5.26 Å². The number of hydrogen-bond acceptors (Lipinski definition) is 5. The SMILES string of the molecule is COc1cc(Br)cc2c1OC(N)=C(C#N)C2CC(=O)c1ccc(Br)cc1. The third-order valence-corrected chi connectivity index (χ3v) is 5.13. The van der Waals surface area contributed by atoms with E-state index in [1.165, 1.54) is 7.11 Å². The van der Waals surface area contributed by atoms with Gasteiger partial charge in [-0.1, -0.05) is 44.0 Å². The first-order chi connectivity index (χ1) is 12.4. The van der Waals surface area contributed by atoms with Gasteiger partial charge in [0.05, 0.1) is 12.7 Å². The molecule has 0 spiro atoms. The zero-order chi connectivity index (χ0) is 18.8. The monoisotopic (exact) mass is 476 g/mol. The first kappa shape index (κ1) is 18.5. The molecule has 2 aromatic rings. The minimum absolute atomic E-state index is 0.00534. The molecule has 0 amide bonds. The number of nitrogens with two attached hydrogens (primary N) is 1. The van der Waals surface area contributed by atoms with Gasteiger partial charge in [-0.05, 0) is 24.3 Å². The molecule has 5 nitrogen and oxygen atoms in total. The minimum Gasteiger partial charge on any atom is -0.493 e. The van der Waals surface area contributed by atoms with Crippen molar-refractivity contribution in [2.24, 2.45) is 5.73 Å². The second-order valence-electron chi connectivity index (χ2n) is 5.70. The van der Waals surface area contributed by atoms with Crippen LogP contribution in [0.2, 0.25) is 0 Å². The van der Waals surface area contributed by atoms with Crippen LogP contribution in [0.25, 0.3) is 0 Å². The Morgan fingerprint density at radius 1 is 1.27 bits per heavy atom. The van der Waals surface area contributed by atoms with Crippen molar-refractivity contribution >= 4 is 37.6 Å². The fraction of sp³-hybridized carbons (Fsp3) is 0.158. The number of allylic oxidation sites excluding steroid dienone is 1. The molecule has 1 aliphatic rings. The van der Waals surface area contributed by atoms with Crippen LogP contribution >= 0.6 is 31.9 Å². The number of ketones is 1. The summed E-state index contributed by atoms with van der Waals surface area (Å²) in [5.41, 5.74) is 7.44. The fourth-order valence-corrected chi connectivity index (χ4v) is 3.60. The summed E-state index contributed by atoms with van der Waals surface area (Å²) in [6.07, 6.45) is 0.0984. The molecule has 0 aliphatic carbocycles. The number of nitrogens with zero attached hydrogens (tertiary/aromatic N) is 1. The highest BCUT2D eigenvalue weighted by molar-refractivity contribution is 9.10. The highest BCUT2D eigenvalue weighted by Gasteiger charge is 2.33. The van der Waals surface area contributed by atoms with Crippen LogP contribution in [-0.4, -0.2) is 12.9 Å². The molecule has 26 heavy (non-hydrogen) atoms. The van der Waals surface area contributed by atoms with Gasteiger partial charge in [0.25, 0.3) is 0 Å². The average molecular weight is 478 g/mol. The van der Waals surface area contributed by atoms with E-state index in [1.54, 1.807) is 30.3 Å². The van der Waals surface area contributed by atoms with Crippen molar-refractivity contribution in [2.45, 2.75) is 12.3 Å². The van der Waals surface area contributed by atoms with Crippen molar-refractivity contribution in [1.29, 1.82) is 5.26 Å². The number of Topliss-reactive ketones (excluding diaryl/α,β-unsaturated/α-hetero) is 1. The van der Waals surface area contributed by atoms with Crippen LogP contribution in [0.5, 0.6) is 11.5 Å². The summed E-state index contributed by atoms with van der Waals surface area (Å²) < 4.78 is 12.6. The maximum absolute atomic E-state index is 12.8. The molecule has 1 atom stereocenters. The summed E-state index contributed by atoms with van der Waals surface area (Å²) in [6.45, 7) is 0. The second kappa shape index (κ2) is 7.52. The lowest BCUT2D eigenvalue weighted by Gasteiger charge is -2.27. The fourth-order valence-electron chi connectivity index (χ4n) is 2.88. The number of methoxy groups -OCH3 is 1. The Morgan fingerprint density at radius 2 is 1.96 bits per heavy atom. The number of fused-ring (bicyclic) bond motifs is 1. The lowest BCUT2D eigenvalue weighted by Crippen LogP contribution is -2.22. The molecule has 3 rings (SSSR count). The average Bonchev–Trinajstić information content (AvgIpc) is 2.62. The molecule has 1 unspecified atom stereocenters. The first-order valence-electron chi connectivity index (χ1n) is 7.68. The van der Waals surface area contributed by atoms with Gasteiger partial charge < -0.3 is 15.2 Å². The molecule has 0 radical (unpaired) electrons. The van der Waals surface area contributed by atoms with E-state index in [1.807, 2.05) is 6.07 Å². The summed E-state index contributed by atoms with van der Waals surface area (Å²) >= 11 is 6.78. The Hall–Kier alpha value is -2.30. The van der Waals surface area contributed by atoms with Crippen LogP contribution in [0.1, 0.15) is 28.3 Å². The smallest absolute Gasteiger partial charge is 0.205 e. The number of carbonyl (C=O) groups is 1. The predicted molar refractivity (Wildman–Crippen MR) is 104 cm³/mol. The van der Waals surface area contributed by atoms with Crippen molar-refractivity contribution in [3.8, 4) is 17.6 Å². The molecular weight excluding hydrogens is 464 g/mol. The molecule has 1 heterocycles. The summed E-state index contributed by atoms with van der Waals surface area (Å²) in [5.74, 6) is 0.312. The minimum atomic E-state index is -0.508. The Kier molecular flexibility index (Phi) is 5.35. The van der Waals surface area contributed by atoms with Crippen molar-refractivity contribution in [3.63, 3.8) is 0 Å².